The van der Waals surface area contributed by atoms with Crippen molar-refractivity contribution in [3.8, 4) is 0 Å². The number of ketones is 1. The first-order chi connectivity index (χ1) is 10.7. The fraction of sp³-hybridized carbons (Fsp3) is 0.263. The van der Waals surface area contributed by atoms with Gasteiger partial charge in [-0.2, -0.15) is 0 Å². The predicted molar refractivity (Wildman–Crippen MR) is 83.6 cm³/mol. The number of rotatable bonds is 5. The molecule has 3 heteroatoms. The SMILES string of the molecule is CCOC(=O)C1(C(=O)c2ccccc2)CC1c1ccccc1. The number of carbonyl (C=O) groups is 2. The molecule has 3 nitrogen and oxygen atoms in total. The Labute approximate surface area is 129 Å². The fourth-order valence-corrected chi connectivity index (χ4v) is 3.03. The van der Waals surface area contributed by atoms with E-state index in [1.165, 1.54) is 0 Å². The van der Waals surface area contributed by atoms with E-state index in [0.717, 1.165) is 5.56 Å². The molecule has 22 heavy (non-hydrogen) atoms. The molecule has 0 heterocycles. The molecule has 0 spiro atoms. The van der Waals surface area contributed by atoms with Crippen molar-refractivity contribution in [2.24, 2.45) is 5.41 Å². The van der Waals surface area contributed by atoms with Crippen molar-refractivity contribution in [3.63, 3.8) is 0 Å². The highest BCUT2D eigenvalue weighted by Gasteiger charge is 2.66. The van der Waals surface area contributed by atoms with Crippen molar-refractivity contribution in [3.05, 3.63) is 71.8 Å². The van der Waals surface area contributed by atoms with Gasteiger partial charge in [-0.25, -0.2) is 0 Å². The molecule has 2 aromatic rings. The highest BCUT2D eigenvalue weighted by atomic mass is 16.5. The van der Waals surface area contributed by atoms with Gasteiger partial charge >= 0.3 is 5.97 Å². The monoisotopic (exact) mass is 294 g/mol. The molecule has 112 valence electrons. The zero-order valence-electron chi connectivity index (χ0n) is 12.5. The van der Waals surface area contributed by atoms with E-state index in [1.54, 1.807) is 19.1 Å². The molecule has 1 saturated carbocycles. The molecule has 1 aliphatic rings. The number of benzene rings is 2. The van der Waals surface area contributed by atoms with E-state index in [0.29, 0.717) is 12.0 Å². The van der Waals surface area contributed by atoms with E-state index in [-0.39, 0.29) is 18.3 Å². The molecule has 0 radical (unpaired) electrons. The minimum atomic E-state index is -1.06. The minimum Gasteiger partial charge on any atom is -0.465 e. The summed E-state index contributed by atoms with van der Waals surface area (Å²) in [6.45, 7) is 2.04. The van der Waals surface area contributed by atoms with Gasteiger partial charge in [0.2, 0.25) is 0 Å². The van der Waals surface area contributed by atoms with Gasteiger partial charge in [-0.15, -0.1) is 0 Å². The summed E-state index contributed by atoms with van der Waals surface area (Å²) in [6, 6.07) is 18.7. The van der Waals surface area contributed by atoms with E-state index >= 15 is 0 Å². The average molecular weight is 294 g/mol. The van der Waals surface area contributed by atoms with Crippen molar-refractivity contribution in [1.29, 1.82) is 0 Å². The van der Waals surface area contributed by atoms with Gasteiger partial charge in [0.25, 0.3) is 0 Å². The van der Waals surface area contributed by atoms with Gasteiger partial charge in [0.15, 0.2) is 5.78 Å². The second kappa shape index (κ2) is 5.76. The lowest BCUT2D eigenvalue weighted by atomic mass is 9.90. The Balaban J connectivity index is 1.96. The van der Waals surface area contributed by atoms with Crippen LogP contribution in [0.3, 0.4) is 0 Å². The first-order valence-electron chi connectivity index (χ1n) is 7.52. The average Bonchev–Trinajstić information content (AvgIpc) is 3.33. The van der Waals surface area contributed by atoms with Crippen LogP contribution < -0.4 is 0 Å². The number of Topliss-reactive ketones (excluding diaryl/α,β-unsaturated/α-hetero) is 1. The molecule has 0 N–H and O–H groups in total. The molecule has 0 aromatic heterocycles. The Kier molecular flexibility index (Phi) is 3.80. The molecule has 0 saturated heterocycles. The molecule has 0 amide bonds. The first kappa shape index (κ1) is 14.5. The number of esters is 1. The van der Waals surface area contributed by atoms with Crippen LogP contribution in [0.15, 0.2) is 60.7 Å². The molecule has 1 fully saturated rings. The maximum Gasteiger partial charge on any atom is 0.320 e. The predicted octanol–water partition coefficient (Wildman–Crippen LogP) is 3.61. The molecule has 1 aliphatic carbocycles. The largest absolute Gasteiger partial charge is 0.465 e. The Morgan fingerprint density at radius 3 is 2.23 bits per heavy atom. The molecular weight excluding hydrogens is 276 g/mol. The Morgan fingerprint density at radius 2 is 1.64 bits per heavy atom. The summed E-state index contributed by atoms with van der Waals surface area (Å²) in [6.07, 6.45) is 0.517. The molecule has 2 atom stereocenters. The molecule has 2 unspecified atom stereocenters. The van der Waals surface area contributed by atoms with Crippen LogP contribution in [-0.4, -0.2) is 18.4 Å². The van der Waals surface area contributed by atoms with Crippen LogP contribution in [0.5, 0.6) is 0 Å². The van der Waals surface area contributed by atoms with Crippen molar-refractivity contribution in [2.45, 2.75) is 19.3 Å². The van der Waals surface area contributed by atoms with Crippen molar-refractivity contribution >= 4 is 11.8 Å². The second-order valence-corrected chi connectivity index (χ2v) is 5.55. The minimum absolute atomic E-state index is 0.0968. The number of hydrogen-bond acceptors (Lipinski definition) is 3. The standard InChI is InChI=1S/C19H18O3/c1-2-22-18(21)19(17(20)15-11-7-4-8-12-15)13-16(19)14-9-5-3-6-10-14/h3-12,16H,2,13H2,1H3. The Morgan fingerprint density at radius 1 is 1.05 bits per heavy atom. The topological polar surface area (TPSA) is 43.4 Å². The lowest BCUT2D eigenvalue weighted by molar-refractivity contribution is -0.147. The summed E-state index contributed by atoms with van der Waals surface area (Å²) in [5, 5.41) is 0. The van der Waals surface area contributed by atoms with Gasteiger partial charge in [-0.05, 0) is 18.9 Å². The van der Waals surface area contributed by atoms with Gasteiger partial charge in [-0.3, -0.25) is 9.59 Å². The maximum atomic E-state index is 12.9. The smallest absolute Gasteiger partial charge is 0.320 e. The van der Waals surface area contributed by atoms with Crippen LogP contribution >= 0.6 is 0 Å². The van der Waals surface area contributed by atoms with E-state index in [2.05, 4.69) is 0 Å². The summed E-state index contributed by atoms with van der Waals surface area (Å²) in [7, 11) is 0. The van der Waals surface area contributed by atoms with Crippen molar-refractivity contribution in [2.75, 3.05) is 6.61 Å². The highest BCUT2D eigenvalue weighted by molar-refractivity contribution is 6.16. The zero-order chi connectivity index (χ0) is 15.6. The van der Waals surface area contributed by atoms with Crippen LogP contribution in [0.1, 0.15) is 35.2 Å². The third-order valence-corrected chi connectivity index (χ3v) is 4.24. The Hall–Kier alpha value is -2.42. The third-order valence-electron chi connectivity index (χ3n) is 4.24. The van der Waals surface area contributed by atoms with Crippen molar-refractivity contribution < 1.29 is 14.3 Å². The summed E-state index contributed by atoms with van der Waals surface area (Å²) < 4.78 is 5.20. The maximum absolute atomic E-state index is 12.9. The van der Waals surface area contributed by atoms with Gasteiger partial charge in [-0.1, -0.05) is 60.7 Å². The van der Waals surface area contributed by atoms with E-state index in [9.17, 15) is 9.59 Å². The second-order valence-electron chi connectivity index (χ2n) is 5.55. The number of hydrogen-bond donors (Lipinski definition) is 0. The summed E-state index contributed by atoms with van der Waals surface area (Å²) in [5.41, 5.74) is 0.521. The number of ether oxygens (including phenoxy) is 1. The Bertz CT molecular complexity index is 678. The van der Waals surface area contributed by atoms with E-state index in [1.807, 2.05) is 48.5 Å². The van der Waals surface area contributed by atoms with E-state index in [4.69, 9.17) is 4.74 Å². The van der Waals surface area contributed by atoms with Gasteiger partial charge in [0.1, 0.15) is 5.41 Å². The summed E-state index contributed by atoms with van der Waals surface area (Å²) in [4.78, 5) is 25.4. The lowest BCUT2D eigenvalue weighted by Crippen LogP contribution is -2.30. The number of carbonyl (C=O) groups excluding carboxylic acids is 2. The fourth-order valence-electron chi connectivity index (χ4n) is 3.03. The third kappa shape index (κ3) is 2.33. The van der Waals surface area contributed by atoms with Crippen LogP contribution in [0.2, 0.25) is 0 Å². The zero-order valence-corrected chi connectivity index (χ0v) is 12.5. The molecule has 0 aliphatic heterocycles. The van der Waals surface area contributed by atoms with Crippen molar-refractivity contribution in [1.82, 2.24) is 0 Å². The summed E-state index contributed by atoms with van der Waals surface area (Å²) in [5.74, 6) is -0.640. The van der Waals surface area contributed by atoms with Crippen LogP contribution in [0.4, 0.5) is 0 Å². The molecular formula is C19H18O3. The van der Waals surface area contributed by atoms with E-state index < -0.39 is 11.4 Å². The van der Waals surface area contributed by atoms with Crippen LogP contribution in [0.25, 0.3) is 0 Å². The molecule has 2 aromatic carbocycles. The molecule has 3 rings (SSSR count). The van der Waals surface area contributed by atoms with Gasteiger partial charge in [0.05, 0.1) is 6.61 Å². The quantitative estimate of drug-likeness (QED) is 0.481. The summed E-state index contributed by atoms with van der Waals surface area (Å²) >= 11 is 0. The molecule has 0 bridgehead atoms. The van der Waals surface area contributed by atoms with Gasteiger partial charge in [0, 0.05) is 11.5 Å². The van der Waals surface area contributed by atoms with Crippen LogP contribution in [0, 0.1) is 5.41 Å². The van der Waals surface area contributed by atoms with Gasteiger partial charge < -0.3 is 4.74 Å². The highest BCUT2D eigenvalue weighted by Crippen LogP contribution is 2.61. The normalized spacial score (nSPS) is 22.9. The lowest BCUT2D eigenvalue weighted by Gasteiger charge is -2.15. The first-order valence-corrected chi connectivity index (χ1v) is 7.52. The van der Waals surface area contributed by atoms with Crippen LogP contribution in [-0.2, 0) is 9.53 Å².